The Morgan fingerprint density at radius 1 is 0.843 bits per heavy atom. The van der Waals surface area contributed by atoms with Crippen LogP contribution in [0.15, 0.2) is 133 Å². The number of ether oxygens (including phenoxy) is 1. The molecule has 0 bridgehead atoms. The molecule has 0 atom stereocenters. The molecule has 5 aromatic carbocycles. The van der Waals surface area contributed by atoms with Gasteiger partial charge in [-0.3, -0.25) is 0 Å². The van der Waals surface area contributed by atoms with Crippen molar-refractivity contribution in [2.24, 2.45) is 0 Å². The zero-order chi connectivity index (χ0) is 36.1. The number of hydrogen-bond acceptors (Lipinski definition) is 2. The van der Waals surface area contributed by atoms with Crippen molar-refractivity contribution in [2.75, 3.05) is 11.4 Å². The summed E-state index contributed by atoms with van der Waals surface area (Å²) in [6, 6.07) is 32.6. The van der Waals surface area contributed by atoms with Gasteiger partial charge in [-0.15, -0.1) is 13.2 Å². The van der Waals surface area contributed by atoms with Gasteiger partial charge in [-0.2, -0.15) is 17.7 Å². The zero-order valence-electron chi connectivity index (χ0n) is 28.2. The van der Waals surface area contributed by atoms with Gasteiger partial charge in [-0.1, -0.05) is 84.9 Å². The topological polar surface area (TPSA) is 15.5 Å². The normalized spacial score (nSPS) is 16.6. The van der Waals surface area contributed by atoms with Crippen LogP contribution in [0.5, 0.6) is 0 Å². The molecule has 0 amide bonds. The smallest absolute Gasteiger partial charge is 0.405 e. The SMILES string of the molecule is Cc1cc(N2C(=CC(=CC3=[N+](CCc4ccccc4)c4ccccc4C3(C)C)OC(F)(F)F)Cc3ccc4ccccc4c32)cc(C(F)(F)F)c1. The third-order valence-corrected chi connectivity index (χ3v) is 9.60. The minimum atomic E-state index is -5.04. The Labute approximate surface area is 292 Å². The zero-order valence-corrected chi connectivity index (χ0v) is 28.2. The van der Waals surface area contributed by atoms with Gasteiger partial charge >= 0.3 is 12.5 Å². The standard InChI is InChI=1S/C42H35F6N2O/c1-27-21-31(41(43,44)45)24-32(22-27)50-33(23-30-18-17-29-13-7-8-14-35(29)39(30)50)25-34(51-42(46,47)48)26-38-40(2,3)36-15-9-10-16-37(36)49(38)20-19-28-11-5-4-6-12-28/h4-18,21-22,24-26H,19-20,23H2,1-3H3/q+1. The Hall–Kier alpha value is -5.31. The number of benzene rings is 5. The van der Waals surface area contributed by atoms with Gasteiger partial charge in [0.25, 0.3) is 0 Å². The number of rotatable bonds is 7. The lowest BCUT2D eigenvalue weighted by Crippen LogP contribution is -2.29. The van der Waals surface area contributed by atoms with Crippen molar-refractivity contribution in [3.63, 3.8) is 0 Å². The maximum atomic E-state index is 14.3. The van der Waals surface area contributed by atoms with Crippen molar-refractivity contribution < 1.29 is 35.7 Å². The van der Waals surface area contributed by atoms with E-state index in [0.717, 1.165) is 45.3 Å². The Balaban J connectivity index is 1.43. The van der Waals surface area contributed by atoms with Gasteiger partial charge in [0.05, 0.1) is 16.7 Å². The van der Waals surface area contributed by atoms with Crippen LogP contribution in [0.1, 0.15) is 41.7 Å². The number of anilines is 2. The molecule has 260 valence electrons. The van der Waals surface area contributed by atoms with E-state index < -0.39 is 29.3 Å². The monoisotopic (exact) mass is 697 g/mol. The lowest BCUT2D eigenvalue weighted by atomic mass is 9.81. The van der Waals surface area contributed by atoms with Gasteiger partial charge < -0.3 is 9.64 Å². The van der Waals surface area contributed by atoms with Gasteiger partial charge in [-0.05, 0) is 61.0 Å². The molecule has 0 radical (unpaired) electrons. The first-order valence-corrected chi connectivity index (χ1v) is 16.6. The minimum absolute atomic E-state index is 0.171. The molecule has 0 N–H and O–H groups in total. The van der Waals surface area contributed by atoms with Crippen LogP contribution >= 0.6 is 0 Å². The first kappa shape index (κ1) is 34.2. The van der Waals surface area contributed by atoms with E-state index in [1.54, 1.807) is 17.9 Å². The van der Waals surface area contributed by atoms with Crippen LogP contribution in [0.3, 0.4) is 0 Å². The van der Waals surface area contributed by atoms with E-state index in [4.69, 9.17) is 4.74 Å². The quantitative estimate of drug-likeness (QED) is 0.0956. The summed E-state index contributed by atoms with van der Waals surface area (Å²) in [5.74, 6) is -0.469. The van der Waals surface area contributed by atoms with Crippen molar-refractivity contribution in [3.8, 4) is 0 Å². The molecule has 0 aliphatic carbocycles. The second kappa shape index (κ2) is 12.8. The lowest BCUT2D eigenvalue weighted by Gasteiger charge is -2.25. The molecule has 0 fully saturated rings. The Kier molecular flexibility index (Phi) is 8.56. The summed E-state index contributed by atoms with van der Waals surface area (Å²) in [7, 11) is 0. The number of aryl methyl sites for hydroxylation is 1. The van der Waals surface area contributed by atoms with Gasteiger partial charge in [0, 0.05) is 53.4 Å². The van der Waals surface area contributed by atoms with E-state index in [9.17, 15) is 26.3 Å². The van der Waals surface area contributed by atoms with Gasteiger partial charge in [0.1, 0.15) is 5.76 Å². The predicted molar refractivity (Wildman–Crippen MR) is 189 cm³/mol. The van der Waals surface area contributed by atoms with Crippen LogP contribution in [0, 0.1) is 6.92 Å². The van der Waals surface area contributed by atoms with E-state index >= 15 is 0 Å². The molecule has 0 aromatic heterocycles. The van der Waals surface area contributed by atoms with E-state index in [-0.39, 0.29) is 12.1 Å². The summed E-state index contributed by atoms with van der Waals surface area (Å²) < 4.78 is 91.9. The first-order valence-electron chi connectivity index (χ1n) is 16.6. The summed E-state index contributed by atoms with van der Waals surface area (Å²) in [6.45, 7) is 6.00. The number of para-hydroxylation sites is 1. The molecule has 5 aromatic rings. The largest absolute Gasteiger partial charge is 0.573 e. The predicted octanol–water partition coefficient (Wildman–Crippen LogP) is 11.5. The molecule has 3 nitrogen and oxygen atoms in total. The van der Waals surface area contributed by atoms with E-state index in [2.05, 4.69) is 0 Å². The summed E-state index contributed by atoms with van der Waals surface area (Å²) in [5, 5.41) is 1.62. The average Bonchev–Trinajstić information content (AvgIpc) is 3.54. The van der Waals surface area contributed by atoms with Crippen molar-refractivity contribution >= 4 is 33.5 Å². The molecule has 0 unspecified atom stereocenters. The fourth-order valence-electron chi connectivity index (χ4n) is 7.35. The molecule has 0 saturated carbocycles. The van der Waals surface area contributed by atoms with Crippen molar-refractivity contribution in [1.82, 2.24) is 0 Å². The number of allylic oxidation sites excluding steroid dienone is 3. The number of alkyl halides is 6. The van der Waals surface area contributed by atoms with E-state index in [1.807, 2.05) is 109 Å². The highest BCUT2D eigenvalue weighted by Gasteiger charge is 2.45. The van der Waals surface area contributed by atoms with Crippen LogP contribution < -0.4 is 4.90 Å². The lowest BCUT2D eigenvalue weighted by molar-refractivity contribution is -0.437. The number of fused-ring (bicyclic) bond motifs is 4. The molecular weight excluding hydrogens is 662 g/mol. The average molecular weight is 698 g/mol. The van der Waals surface area contributed by atoms with E-state index in [1.165, 1.54) is 12.2 Å². The molecule has 9 heteroatoms. The van der Waals surface area contributed by atoms with Crippen molar-refractivity contribution in [3.05, 3.63) is 161 Å². The van der Waals surface area contributed by atoms with Crippen molar-refractivity contribution in [2.45, 2.75) is 51.6 Å². The van der Waals surface area contributed by atoms with Gasteiger partial charge in [0.15, 0.2) is 12.3 Å². The molecule has 2 aliphatic heterocycles. The minimum Gasteiger partial charge on any atom is -0.405 e. The van der Waals surface area contributed by atoms with Crippen LogP contribution in [-0.2, 0) is 29.2 Å². The fourth-order valence-corrected chi connectivity index (χ4v) is 7.35. The summed E-state index contributed by atoms with van der Waals surface area (Å²) in [4.78, 5) is 1.64. The Morgan fingerprint density at radius 3 is 2.29 bits per heavy atom. The molecular formula is C42H35F6N2O+. The van der Waals surface area contributed by atoms with Crippen LogP contribution in [-0.4, -0.2) is 23.2 Å². The third kappa shape index (κ3) is 6.77. The van der Waals surface area contributed by atoms with Gasteiger partial charge in [-0.25, -0.2) is 0 Å². The summed E-state index contributed by atoms with van der Waals surface area (Å²) >= 11 is 0. The molecule has 0 spiro atoms. The maximum absolute atomic E-state index is 14.3. The van der Waals surface area contributed by atoms with Gasteiger partial charge in [0.2, 0.25) is 5.69 Å². The highest BCUT2D eigenvalue weighted by Crippen LogP contribution is 2.47. The van der Waals surface area contributed by atoms with Crippen LogP contribution in [0.25, 0.3) is 10.8 Å². The summed E-state index contributed by atoms with van der Waals surface area (Å²) in [5.41, 5.74) is 4.31. The van der Waals surface area contributed by atoms with Crippen LogP contribution in [0.2, 0.25) is 0 Å². The molecule has 51 heavy (non-hydrogen) atoms. The maximum Gasteiger partial charge on any atom is 0.573 e. The second-order valence-electron chi connectivity index (χ2n) is 13.5. The Bertz CT molecular complexity index is 2230. The Morgan fingerprint density at radius 2 is 1.55 bits per heavy atom. The first-order chi connectivity index (χ1) is 24.2. The molecule has 0 saturated heterocycles. The second-order valence-corrected chi connectivity index (χ2v) is 13.5. The summed E-state index contributed by atoms with van der Waals surface area (Å²) in [6.07, 6.45) is -6.10. The van der Waals surface area contributed by atoms with Crippen LogP contribution in [0.4, 0.5) is 43.4 Å². The third-order valence-electron chi connectivity index (χ3n) is 9.60. The number of hydrogen-bond donors (Lipinski definition) is 0. The molecule has 2 aliphatic rings. The van der Waals surface area contributed by atoms with E-state index in [0.29, 0.717) is 35.6 Å². The van der Waals surface area contributed by atoms with Crippen molar-refractivity contribution in [1.29, 1.82) is 0 Å². The highest BCUT2D eigenvalue weighted by molar-refractivity contribution is 6.04. The molecule has 7 rings (SSSR count). The fraction of sp³-hybridized carbons (Fsp3) is 0.214. The number of halogens is 6. The number of nitrogens with zero attached hydrogens (tertiary/aromatic N) is 2. The molecule has 2 heterocycles. The highest BCUT2D eigenvalue weighted by atomic mass is 19.4.